The summed E-state index contributed by atoms with van der Waals surface area (Å²) in [4.78, 5) is 0. The van der Waals surface area contributed by atoms with Gasteiger partial charge in [0.15, 0.2) is 0 Å². The average Bonchev–Trinajstić information content (AvgIpc) is 2.17. The summed E-state index contributed by atoms with van der Waals surface area (Å²) < 4.78 is 0. The normalized spacial score (nSPS) is 9.40. The van der Waals surface area contributed by atoms with Gasteiger partial charge in [-0.3, -0.25) is 0 Å². The molecule has 0 aliphatic rings. The Balaban J connectivity index is 0.000000336. The van der Waals surface area contributed by atoms with Crippen molar-refractivity contribution in [3.8, 4) is 5.75 Å². The molecule has 0 heterocycles. The van der Waals surface area contributed by atoms with Gasteiger partial charge in [0.1, 0.15) is 5.75 Å². The van der Waals surface area contributed by atoms with Gasteiger partial charge in [-0.1, -0.05) is 19.9 Å². The van der Waals surface area contributed by atoms with Gasteiger partial charge in [-0.25, -0.2) is 0 Å². The van der Waals surface area contributed by atoms with E-state index in [2.05, 4.69) is 19.2 Å². The number of nitrogens with one attached hydrogen (secondary N) is 1. The highest BCUT2D eigenvalue weighted by atomic mass is 16.3. The Bertz CT molecular complexity index is 243. The van der Waals surface area contributed by atoms with Gasteiger partial charge >= 0.3 is 0 Å². The van der Waals surface area contributed by atoms with Crippen LogP contribution in [0.5, 0.6) is 5.75 Å². The summed E-state index contributed by atoms with van der Waals surface area (Å²) in [7, 11) is 0. The van der Waals surface area contributed by atoms with E-state index in [-0.39, 0.29) is 0 Å². The molecule has 0 atom stereocenters. The highest BCUT2D eigenvalue weighted by Gasteiger charge is 1.97. The van der Waals surface area contributed by atoms with Crippen molar-refractivity contribution in [3.05, 3.63) is 28.8 Å². The summed E-state index contributed by atoms with van der Waals surface area (Å²) in [6.45, 7) is 12.3. The Labute approximate surface area is 93.3 Å². The summed E-state index contributed by atoms with van der Waals surface area (Å²) in [5, 5.41) is 12.3. The molecule has 2 nitrogen and oxygen atoms in total. The van der Waals surface area contributed by atoms with E-state index in [0.717, 1.165) is 24.2 Å². The predicted octanol–water partition coefficient (Wildman–Crippen LogP) is 2.93. The number of aromatic hydroxyl groups is 1. The Kier molecular flexibility index (Phi) is 6.80. The molecule has 0 aliphatic carbocycles. The summed E-state index contributed by atoms with van der Waals surface area (Å²) in [6, 6.07) is 3.79. The van der Waals surface area contributed by atoms with Crippen molar-refractivity contribution in [1.82, 2.24) is 5.32 Å². The number of phenols is 1. The molecule has 0 saturated carbocycles. The van der Waals surface area contributed by atoms with Gasteiger partial charge in [0, 0.05) is 0 Å². The summed E-state index contributed by atoms with van der Waals surface area (Å²) in [6.07, 6.45) is 0. The van der Waals surface area contributed by atoms with Crippen LogP contribution in [0, 0.1) is 20.8 Å². The van der Waals surface area contributed by atoms with Crippen LogP contribution in [-0.4, -0.2) is 18.2 Å². The average molecular weight is 209 g/mol. The maximum absolute atomic E-state index is 9.22. The molecule has 2 N–H and O–H groups in total. The lowest BCUT2D eigenvalue weighted by molar-refractivity contribution is 0.470. The molecule has 1 rings (SSSR count). The molecule has 0 spiro atoms. The van der Waals surface area contributed by atoms with Crippen LogP contribution in [0.4, 0.5) is 0 Å². The number of benzene rings is 1. The molecule has 86 valence electrons. The van der Waals surface area contributed by atoms with Crippen molar-refractivity contribution in [1.29, 1.82) is 0 Å². The molecule has 1 aromatic carbocycles. The van der Waals surface area contributed by atoms with Crippen LogP contribution in [-0.2, 0) is 0 Å². The molecule has 0 unspecified atom stereocenters. The second kappa shape index (κ2) is 7.30. The first-order valence-corrected chi connectivity index (χ1v) is 5.50. The fourth-order valence-electron chi connectivity index (χ4n) is 1.20. The summed E-state index contributed by atoms with van der Waals surface area (Å²) in [5.41, 5.74) is 3.32. The molecule has 0 radical (unpaired) electrons. The SMILES string of the molecule is CCNCC.Cc1cc(C)c(O)cc1C. The van der Waals surface area contributed by atoms with Crippen LogP contribution in [0.3, 0.4) is 0 Å². The zero-order chi connectivity index (χ0) is 11.8. The fourth-order valence-corrected chi connectivity index (χ4v) is 1.20. The maximum atomic E-state index is 9.22. The molecule has 15 heavy (non-hydrogen) atoms. The number of hydrogen-bond donors (Lipinski definition) is 2. The number of aryl methyl sites for hydroxylation is 3. The third-order valence-electron chi connectivity index (χ3n) is 2.31. The first-order valence-electron chi connectivity index (χ1n) is 5.50. The quantitative estimate of drug-likeness (QED) is 0.785. The first kappa shape index (κ1) is 14.0. The van der Waals surface area contributed by atoms with Crippen LogP contribution in [0.25, 0.3) is 0 Å². The van der Waals surface area contributed by atoms with E-state index in [4.69, 9.17) is 0 Å². The summed E-state index contributed by atoms with van der Waals surface area (Å²) >= 11 is 0. The molecule has 0 aromatic heterocycles. The van der Waals surface area contributed by atoms with Crippen LogP contribution in [0.15, 0.2) is 12.1 Å². The van der Waals surface area contributed by atoms with Crippen molar-refractivity contribution in [2.24, 2.45) is 0 Å². The minimum atomic E-state index is 0.392. The van der Waals surface area contributed by atoms with Gasteiger partial charge in [-0.15, -0.1) is 0 Å². The standard InChI is InChI=1S/C9H12O.C4H11N/c1-6-4-8(3)9(10)5-7(6)2;1-3-5-4-2/h4-5,10H,1-3H3;5H,3-4H2,1-2H3. The second-order valence-corrected chi connectivity index (χ2v) is 3.68. The molecule has 0 saturated heterocycles. The van der Waals surface area contributed by atoms with E-state index in [1.807, 2.05) is 26.8 Å². The van der Waals surface area contributed by atoms with Crippen LogP contribution in [0.1, 0.15) is 30.5 Å². The lowest BCUT2D eigenvalue weighted by atomic mass is 10.1. The fraction of sp³-hybridized carbons (Fsp3) is 0.538. The van der Waals surface area contributed by atoms with E-state index in [1.54, 1.807) is 6.07 Å². The summed E-state index contributed by atoms with van der Waals surface area (Å²) in [5.74, 6) is 0.392. The van der Waals surface area contributed by atoms with Gasteiger partial charge in [-0.05, 0) is 56.6 Å². The Morgan fingerprint density at radius 3 is 1.73 bits per heavy atom. The minimum absolute atomic E-state index is 0.392. The molecule has 0 aliphatic heterocycles. The lowest BCUT2D eigenvalue weighted by Crippen LogP contribution is -2.09. The van der Waals surface area contributed by atoms with E-state index < -0.39 is 0 Å². The largest absolute Gasteiger partial charge is 0.508 e. The number of phenolic OH excluding ortho intramolecular Hbond substituents is 1. The molecular formula is C13H23NO. The van der Waals surface area contributed by atoms with Gasteiger partial charge in [0.25, 0.3) is 0 Å². The van der Waals surface area contributed by atoms with Crippen LogP contribution >= 0.6 is 0 Å². The third kappa shape index (κ3) is 5.43. The van der Waals surface area contributed by atoms with Crippen molar-refractivity contribution >= 4 is 0 Å². The Hall–Kier alpha value is -1.02. The van der Waals surface area contributed by atoms with Gasteiger partial charge in [0.2, 0.25) is 0 Å². The molecule has 0 bridgehead atoms. The van der Waals surface area contributed by atoms with Crippen molar-refractivity contribution < 1.29 is 5.11 Å². The smallest absolute Gasteiger partial charge is 0.118 e. The zero-order valence-corrected chi connectivity index (χ0v) is 10.5. The molecule has 2 heteroatoms. The third-order valence-corrected chi connectivity index (χ3v) is 2.31. The van der Waals surface area contributed by atoms with Crippen LogP contribution < -0.4 is 5.32 Å². The molecule has 0 amide bonds. The lowest BCUT2D eigenvalue weighted by Gasteiger charge is -2.02. The van der Waals surface area contributed by atoms with Crippen LogP contribution in [0.2, 0.25) is 0 Å². The van der Waals surface area contributed by atoms with Crippen molar-refractivity contribution in [2.75, 3.05) is 13.1 Å². The number of rotatable bonds is 2. The Morgan fingerprint density at radius 2 is 1.40 bits per heavy atom. The van der Waals surface area contributed by atoms with Gasteiger partial charge in [0.05, 0.1) is 0 Å². The van der Waals surface area contributed by atoms with Gasteiger partial charge < -0.3 is 10.4 Å². The molecule has 0 fully saturated rings. The molecular weight excluding hydrogens is 186 g/mol. The minimum Gasteiger partial charge on any atom is -0.508 e. The number of hydrogen-bond acceptors (Lipinski definition) is 2. The van der Waals surface area contributed by atoms with E-state index in [9.17, 15) is 5.11 Å². The zero-order valence-electron chi connectivity index (χ0n) is 10.5. The topological polar surface area (TPSA) is 32.3 Å². The first-order chi connectivity index (χ1) is 7.02. The van der Waals surface area contributed by atoms with Gasteiger partial charge in [-0.2, -0.15) is 0 Å². The Morgan fingerprint density at radius 1 is 0.933 bits per heavy atom. The second-order valence-electron chi connectivity index (χ2n) is 3.68. The maximum Gasteiger partial charge on any atom is 0.118 e. The van der Waals surface area contributed by atoms with E-state index >= 15 is 0 Å². The highest BCUT2D eigenvalue weighted by molar-refractivity contribution is 5.39. The highest BCUT2D eigenvalue weighted by Crippen LogP contribution is 2.19. The monoisotopic (exact) mass is 209 g/mol. The molecule has 1 aromatic rings. The van der Waals surface area contributed by atoms with E-state index in [1.165, 1.54) is 5.56 Å². The van der Waals surface area contributed by atoms with Crippen molar-refractivity contribution in [2.45, 2.75) is 34.6 Å². The van der Waals surface area contributed by atoms with E-state index in [0.29, 0.717) is 5.75 Å². The predicted molar refractivity (Wildman–Crippen MR) is 66.5 cm³/mol. The van der Waals surface area contributed by atoms with Crippen molar-refractivity contribution in [3.63, 3.8) is 0 Å².